The van der Waals surface area contributed by atoms with Crippen molar-refractivity contribution in [3.8, 4) is 11.5 Å². The summed E-state index contributed by atoms with van der Waals surface area (Å²) in [5, 5.41) is 12.5. The fraction of sp³-hybridized carbons (Fsp3) is 0.400. The third kappa shape index (κ3) is 5.66. The lowest BCUT2D eigenvalue weighted by Gasteiger charge is -2.33. The predicted octanol–water partition coefficient (Wildman–Crippen LogP) is 5.46. The molecule has 32 heavy (non-hydrogen) atoms. The van der Waals surface area contributed by atoms with E-state index in [0.717, 1.165) is 32.1 Å². The summed E-state index contributed by atoms with van der Waals surface area (Å²) in [6.45, 7) is 5.22. The van der Waals surface area contributed by atoms with Gasteiger partial charge in [0.25, 0.3) is 0 Å². The van der Waals surface area contributed by atoms with Crippen LogP contribution < -0.4 is 15.0 Å². The molecule has 7 heteroatoms. The lowest BCUT2D eigenvalue weighted by molar-refractivity contribution is -0.123. The maximum absolute atomic E-state index is 13.3. The molecular weight excluding hydrogens is 408 g/mol. The van der Waals surface area contributed by atoms with Crippen LogP contribution in [0.5, 0.6) is 11.5 Å². The van der Waals surface area contributed by atoms with Crippen molar-refractivity contribution in [1.29, 1.82) is 0 Å². The van der Waals surface area contributed by atoms with Crippen molar-refractivity contribution in [1.82, 2.24) is 0 Å². The Morgan fingerprint density at radius 1 is 1.00 bits per heavy atom. The average Bonchev–Trinajstić information content (AvgIpc) is 2.76. The van der Waals surface area contributed by atoms with Crippen LogP contribution in [-0.2, 0) is 9.59 Å². The van der Waals surface area contributed by atoms with Gasteiger partial charge in [0.2, 0.25) is 11.8 Å². The normalized spacial score (nSPS) is 14.1. The number of nitrogens with one attached hydrogen (secondary N) is 1. The summed E-state index contributed by atoms with van der Waals surface area (Å²) in [5.41, 5.74) is 1.05. The third-order valence-corrected chi connectivity index (χ3v) is 5.58. The van der Waals surface area contributed by atoms with Gasteiger partial charge < -0.3 is 20.1 Å². The highest BCUT2D eigenvalue weighted by Crippen LogP contribution is 2.33. The summed E-state index contributed by atoms with van der Waals surface area (Å²) in [7, 11) is 0. The van der Waals surface area contributed by atoms with Crippen LogP contribution in [0.1, 0.15) is 63.2 Å². The monoisotopic (exact) mass is 438 g/mol. The Hall–Kier alpha value is -3.35. The van der Waals surface area contributed by atoms with Gasteiger partial charge in [-0.2, -0.15) is 0 Å². The molecule has 0 unspecified atom stereocenters. The van der Waals surface area contributed by atoms with E-state index in [2.05, 4.69) is 5.32 Å². The maximum atomic E-state index is 13.3. The van der Waals surface area contributed by atoms with Gasteiger partial charge in [-0.15, -0.1) is 0 Å². The number of hydrogen-bond donors (Lipinski definition) is 2. The number of carbonyl (C=O) groups is 3. The van der Waals surface area contributed by atoms with E-state index < -0.39 is 5.97 Å². The minimum Gasteiger partial charge on any atom is -0.478 e. The van der Waals surface area contributed by atoms with Crippen LogP contribution in [0.4, 0.5) is 11.4 Å². The Morgan fingerprint density at radius 3 is 2.19 bits per heavy atom. The molecule has 2 aromatic rings. The summed E-state index contributed by atoms with van der Waals surface area (Å²) in [6.07, 6.45) is 4.90. The van der Waals surface area contributed by atoms with Crippen LogP contribution >= 0.6 is 0 Å². The summed E-state index contributed by atoms with van der Waals surface area (Å²) < 4.78 is 5.82. The summed E-state index contributed by atoms with van der Waals surface area (Å²) >= 11 is 0. The van der Waals surface area contributed by atoms with Crippen LogP contribution in [-0.4, -0.2) is 28.9 Å². The fourth-order valence-corrected chi connectivity index (χ4v) is 4.10. The van der Waals surface area contributed by atoms with Gasteiger partial charge in [-0.05, 0) is 69.2 Å². The number of nitrogens with zero attached hydrogens (tertiary/aromatic N) is 1. The lowest BCUT2D eigenvalue weighted by Crippen LogP contribution is -2.42. The molecule has 0 radical (unpaired) electrons. The second kappa shape index (κ2) is 10.3. The van der Waals surface area contributed by atoms with Gasteiger partial charge in [0.05, 0.1) is 11.3 Å². The molecule has 1 aliphatic rings. The number of aromatic carboxylic acids is 1. The van der Waals surface area contributed by atoms with Crippen LogP contribution in [0.15, 0.2) is 42.5 Å². The number of carboxylic acid groups (broad SMARTS) is 1. The highest BCUT2D eigenvalue weighted by atomic mass is 16.5. The topological polar surface area (TPSA) is 95.9 Å². The van der Waals surface area contributed by atoms with Gasteiger partial charge in [-0.25, -0.2) is 4.79 Å². The molecule has 7 nitrogen and oxygen atoms in total. The third-order valence-electron chi connectivity index (χ3n) is 5.58. The Bertz CT molecular complexity index is 978. The van der Waals surface area contributed by atoms with Gasteiger partial charge in [-0.3, -0.25) is 9.59 Å². The van der Waals surface area contributed by atoms with Gasteiger partial charge in [0, 0.05) is 24.6 Å². The number of amides is 2. The largest absolute Gasteiger partial charge is 0.478 e. The second-order valence-electron chi connectivity index (χ2n) is 8.43. The standard InChI is InChI=1S/C25H30N2O5/c1-16(2)27(24(29)18-7-5-4-6-8-18)23-14-13-21(15-22(23)25(30)31)32-20-11-9-19(10-12-20)26-17(3)28/h9-16,18H,4-8H2,1-3H3,(H,26,28)(H,30,31). The predicted molar refractivity (Wildman–Crippen MR) is 123 cm³/mol. The summed E-state index contributed by atoms with van der Waals surface area (Å²) in [4.78, 5) is 38.1. The molecular formula is C25H30N2O5. The molecule has 1 saturated carbocycles. The van der Waals surface area contributed by atoms with Crippen LogP contribution in [0.2, 0.25) is 0 Å². The number of carboxylic acids is 1. The molecule has 0 atom stereocenters. The quantitative estimate of drug-likeness (QED) is 0.599. The Kier molecular flexibility index (Phi) is 7.51. The average molecular weight is 439 g/mol. The molecule has 0 spiro atoms. The van der Waals surface area contributed by atoms with Crippen molar-refractivity contribution in [3.63, 3.8) is 0 Å². The molecule has 0 heterocycles. The minimum absolute atomic E-state index is 0.00979. The zero-order valence-corrected chi connectivity index (χ0v) is 18.8. The van der Waals surface area contributed by atoms with E-state index in [0.29, 0.717) is 22.9 Å². The zero-order valence-electron chi connectivity index (χ0n) is 18.8. The number of benzene rings is 2. The van der Waals surface area contributed by atoms with Gasteiger partial charge >= 0.3 is 5.97 Å². The second-order valence-corrected chi connectivity index (χ2v) is 8.43. The van der Waals surface area contributed by atoms with E-state index in [1.807, 2.05) is 13.8 Å². The molecule has 3 rings (SSSR count). The van der Waals surface area contributed by atoms with Crippen molar-refractivity contribution >= 4 is 29.2 Å². The minimum atomic E-state index is -1.12. The molecule has 0 aromatic heterocycles. The first-order valence-electron chi connectivity index (χ1n) is 11.0. The van der Waals surface area contributed by atoms with Crippen molar-refractivity contribution in [2.75, 3.05) is 10.2 Å². The molecule has 1 aliphatic carbocycles. The number of ether oxygens (including phenoxy) is 1. The highest BCUT2D eigenvalue weighted by Gasteiger charge is 2.31. The smallest absolute Gasteiger partial charge is 0.337 e. The van der Waals surface area contributed by atoms with E-state index >= 15 is 0 Å². The summed E-state index contributed by atoms with van der Waals surface area (Å²) in [5.74, 6) is -0.504. The van der Waals surface area contributed by atoms with Crippen LogP contribution in [0.3, 0.4) is 0 Å². The molecule has 0 aliphatic heterocycles. The van der Waals surface area contributed by atoms with Crippen molar-refractivity contribution in [3.05, 3.63) is 48.0 Å². The van der Waals surface area contributed by atoms with Crippen LogP contribution in [0, 0.1) is 5.92 Å². The van der Waals surface area contributed by atoms with E-state index in [1.54, 1.807) is 41.3 Å². The molecule has 0 bridgehead atoms. The molecule has 2 aromatic carbocycles. The fourth-order valence-electron chi connectivity index (χ4n) is 4.10. The highest BCUT2D eigenvalue weighted by molar-refractivity contribution is 6.03. The molecule has 2 N–H and O–H groups in total. The number of anilines is 2. The first-order valence-corrected chi connectivity index (χ1v) is 11.0. The lowest BCUT2D eigenvalue weighted by atomic mass is 9.87. The van der Waals surface area contributed by atoms with Crippen molar-refractivity contribution in [2.45, 2.75) is 58.9 Å². The van der Waals surface area contributed by atoms with E-state index in [4.69, 9.17) is 4.74 Å². The van der Waals surface area contributed by atoms with Gasteiger partial charge in [0.15, 0.2) is 0 Å². The van der Waals surface area contributed by atoms with E-state index in [9.17, 15) is 19.5 Å². The Labute approximate surface area is 188 Å². The Morgan fingerprint density at radius 2 is 1.62 bits per heavy atom. The van der Waals surface area contributed by atoms with Gasteiger partial charge in [-0.1, -0.05) is 19.3 Å². The zero-order chi connectivity index (χ0) is 23.3. The van der Waals surface area contributed by atoms with E-state index in [1.165, 1.54) is 13.0 Å². The van der Waals surface area contributed by atoms with Crippen molar-refractivity contribution < 1.29 is 24.2 Å². The molecule has 0 saturated heterocycles. The first-order chi connectivity index (χ1) is 15.3. The Balaban J connectivity index is 1.86. The number of carbonyl (C=O) groups excluding carboxylic acids is 2. The molecule has 1 fully saturated rings. The first kappa shape index (κ1) is 23.3. The molecule has 2 amide bonds. The number of hydrogen-bond acceptors (Lipinski definition) is 4. The van der Waals surface area contributed by atoms with Crippen molar-refractivity contribution in [2.24, 2.45) is 5.92 Å². The van der Waals surface area contributed by atoms with Gasteiger partial charge in [0.1, 0.15) is 11.5 Å². The number of rotatable bonds is 7. The SMILES string of the molecule is CC(=O)Nc1ccc(Oc2ccc(N(C(=O)C3CCCCC3)C(C)C)c(C(=O)O)c2)cc1. The molecule has 170 valence electrons. The van der Waals surface area contributed by atoms with Crippen LogP contribution in [0.25, 0.3) is 0 Å². The summed E-state index contributed by atoms with van der Waals surface area (Å²) in [6, 6.07) is 11.4. The maximum Gasteiger partial charge on any atom is 0.337 e. The van der Waals surface area contributed by atoms with E-state index in [-0.39, 0.29) is 29.3 Å².